The minimum atomic E-state index is -4.49. The molecule has 1 saturated heterocycles. The van der Waals surface area contributed by atoms with E-state index in [1.807, 2.05) is 0 Å². The monoisotopic (exact) mass is 369 g/mol. The third-order valence-corrected chi connectivity index (χ3v) is 4.71. The van der Waals surface area contributed by atoms with Crippen LogP contribution < -0.4 is 10.2 Å². The lowest BCUT2D eigenvalue weighted by atomic mass is 10.1. The molecule has 0 spiro atoms. The average molecular weight is 369 g/mol. The Morgan fingerprint density at radius 3 is 2.80 bits per heavy atom. The van der Waals surface area contributed by atoms with Crippen molar-refractivity contribution < 1.29 is 22.8 Å². The lowest BCUT2D eigenvalue weighted by molar-refractivity contribution is -0.137. The van der Waals surface area contributed by atoms with Gasteiger partial charge in [-0.25, -0.2) is 4.98 Å². The van der Waals surface area contributed by atoms with Gasteiger partial charge in [-0.1, -0.05) is 6.07 Å². The Labute approximate surface area is 145 Å². The summed E-state index contributed by atoms with van der Waals surface area (Å²) in [6, 6.07) is 4.54. The van der Waals surface area contributed by atoms with E-state index in [1.165, 1.54) is 28.4 Å². The molecule has 2 amide bonds. The molecule has 2 aromatic rings. The van der Waals surface area contributed by atoms with Crippen LogP contribution in [0.1, 0.15) is 17.7 Å². The minimum absolute atomic E-state index is 0.0380. The summed E-state index contributed by atoms with van der Waals surface area (Å²) in [5.74, 6) is -1.38. The molecule has 5 nitrogen and oxygen atoms in total. The third-order valence-electron chi connectivity index (χ3n) is 3.83. The van der Waals surface area contributed by atoms with E-state index in [1.54, 1.807) is 12.3 Å². The molecule has 1 aromatic heterocycles. The number of aromatic nitrogens is 1. The zero-order valence-electron chi connectivity index (χ0n) is 13.1. The van der Waals surface area contributed by atoms with Crippen molar-refractivity contribution in [3.63, 3.8) is 0 Å². The van der Waals surface area contributed by atoms with Gasteiger partial charge in [-0.15, -0.1) is 11.3 Å². The molecular weight excluding hydrogens is 355 g/mol. The van der Waals surface area contributed by atoms with Crippen LogP contribution in [0.4, 0.5) is 24.0 Å². The lowest BCUT2D eigenvalue weighted by Crippen LogP contribution is -2.28. The number of aryl methyl sites for hydroxylation is 1. The highest BCUT2D eigenvalue weighted by molar-refractivity contribution is 7.13. The Morgan fingerprint density at radius 2 is 2.16 bits per heavy atom. The van der Waals surface area contributed by atoms with Crippen LogP contribution in [-0.2, 0) is 15.8 Å². The zero-order valence-corrected chi connectivity index (χ0v) is 13.9. The predicted molar refractivity (Wildman–Crippen MR) is 87.4 cm³/mol. The maximum Gasteiger partial charge on any atom is 0.416 e. The minimum Gasteiger partial charge on any atom is -0.312 e. The summed E-state index contributed by atoms with van der Waals surface area (Å²) in [6.07, 6.45) is -4.54. The molecule has 3 rings (SSSR count). The standard InChI is InChI=1S/C16H14F3N3O2S/c1-9-8-25-15(20-9)21-14(24)10-5-13(23)22(7-10)12-4-2-3-11(6-12)16(17,18)19/h2-4,6,8,10H,5,7H2,1H3,(H,20,21,24). The van der Waals surface area contributed by atoms with Crippen molar-refractivity contribution >= 4 is 34.0 Å². The van der Waals surface area contributed by atoms with Gasteiger partial charge in [0, 0.05) is 24.0 Å². The molecule has 1 atom stereocenters. The van der Waals surface area contributed by atoms with E-state index in [9.17, 15) is 22.8 Å². The van der Waals surface area contributed by atoms with Crippen LogP contribution in [0.5, 0.6) is 0 Å². The summed E-state index contributed by atoms with van der Waals surface area (Å²) in [4.78, 5) is 29.8. The van der Waals surface area contributed by atoms with Gasteiger partial charge in [-0.2, -0.15) is 13.2 Å². The molecule has 2 heterocycles. The average Bonchev–Trinajstić information content (AvgIpc) is 3.12. The topological polar surface area (TPSA) is 62.3 Å². The molecule has 1 aromatic carbocycles. The van der Waals surface area contributed by atoms with E-state index in [0.29, 0.717) is 5.13 Å². The van der Waals surface area contributed by atoms with Crippen molar-refractivity contribution in [1.82, 2.24) is 4.98 Å². The summed E-state index contributed by atoms with van der Waals surface area (Å²) in [5, 5.41) is 4.86. The Morgan fingerprint density at radius 1 is 1.40 bits per heavy atom. The van der Waals surface area contributed by atoms with Crippen LogP contribution in [-0.4, -0.2) is 23.3 Å². The van der Waals surface area contributed by atoms with Crippen LogP contribution in [0.3, 0.4) is 0 Å². The fraction of sp³-hybridized carbons (Fsp3) is 0.312. The molecule has 0 radical (unpaired) electrons. The maximum atomic E-state index is 12.8. The van der Waals surface area contributed by atoms with Gasteiger partial charge < -0.3 is 10.2 Å². The molecule has 1 N–H and O–H groups in total. The second-order valence-corrected chi connectivity index (χ2v) is 6.59. The number of anilines is 2. The second-order valence-electron chi connectivity index (χ2n) is 5.74. The van der Waals surface area contributed by atoms with E-state index < -0.39 is 17.7 Å². The number of rotatable bonds is 3. The van der Waals surface area contributed by atoms with Crippen molar-refractivity contribution in [2.45, 2.75) is 19.5 Å². The third kappa shape index (κ3) is 3.81. The first kappa shape index (κ1) is 17.4. The van der Waals surface area contributed by atoms with Crippen LogP contribution in [0.25, 0.3) is 0 Å². The molecule has 25 heavy (non-hydrogen) atoms. The van der Waals surface area contributed by atoms with E-state index in [4.69, 9.17) is 0 Å². The van der Waals surface area contributed by atoms with E-state index in [0.717, 1.165) is 17.8 Å². The first-order valence-electron chi connectivity index (χ1n) is 7.44. The summed E-state index contributed by atoms with van der Waals surface area (Å²) in [5.41, 5.74) is 0.0811. The van der Waals surface area contributed by atoms with Crippen molar-refractivity contribution in [2.75, 3.05) is 16.8 Å². The van der Waals surface area contributed by atoms with Gasteiger partial charge in [-0.05, 0) is 25.1 Å². The van der Waals surface area contributed by atoms with Crippen LogP contribution >= 0.6 is 11.3 Å². The molecule has 0 saturated carbocycles. The predicted octanol–water partition coefficient (Wildman–Crippen LogP) is 3.46. The number of halogens is 3. The summed E-state index contributed by atoms with van der Waals surface area (Å²) >= 11 is 1.27. The van der Waals surface area contributed by atoms with Gasteiger partial charge in [-0.3, -0.25) is 9.59 Å². The Balaban J connectivity index is 1.73. The van der Waals surface area contributed by atoms with E-state index in [2.05, 4.69) is 10.3 Å². The van der Waals surface area contributed by atoms with Gasteiger partial charge in [0.05, 0.1) is 17.2 Å². The van der Waals surface area contributed by atoms with Crippen molar-refractivity contribution in [1.29, 1.82) is 0 Å². The highest BCUT2D eigenvalue weighted by atomic mass is 32.1. The maximum absolute atomic E-state index is 12.8. The smallest absolute Gasteiger partial charge is 0.312 e. The molecule has 1 unspecified atom stereocenters. The molecule has 0 aliphatic carbocycles. The van der Waals surface area contributed by atoms with E-state index >= 15 is 0 Å². The zero-order chi connectivity index (χ0) is 18.2. The van der Waals surface area contributed by atoms with Crippen LogP contribution in [0.2, 0.25) is 0 Å². The van der Waals surface area contributed by atoms with Crippen molar-refractivity contribution in [3.8, 4) is 0 Å². The van der Waals surface area contributed by atoms with Crippen LogP contribution in [0, 0.1) is 12.8 Å². The number of carbonyl (C=O) groups excluding carboxylic acids is 2. The van der Waals surface area contributed by atoms with E-state index in [-0.39, 0.29) is 30.5 Å². The number of hydrogen-bond donors (Lipinski definition) is 1. The summed E-state index contributed by atoms with van der Waals surface area (Å²) in [7, 11) is 0. The first-order valence-corrected chi connectivity index (χ1v) is 8.32. The number of hydrogen-bond acceptors (Lipinski definition) is 4. The highest BCUT2D eigenvalue weighted by Crippen LogP contribution is 2.33. The van der Waals surface area contributed by atoms with Gasteiger partial charge in [0.25, 0.3) is 0 Å². The quantitative estimate of drug-likeness (QED) is 0.901. The SMILES string of the molecule is Cc1csc(NC(=O)C2CC(=O)N(c3cccc(C(F)(F)F)c3)C2)n1. The number of amides is 2. The summed E-state index contributed by atoms with van der Waals surface area (Å²) in [6.45, 7) is 1.83. The van der Waals surface area contributed by atoms with Crippen molar-refractivity contribution in [2.24, 2.45) is 5.92 Å². The Hall–Kier alpha value is -2.42. The fourth-order valence-corrected chi connectivity index (χ4v) is 3.29. The lowest BCUT2D eigenvalue weighted by Gasteiger charge is -2.18. The number of benzene rings is 1. The molecule has 1 aliphatic heterocycles. The number of alkyl halides is 3. The van der Waals surface area contributed by atoms with Gasteiger partial charge in [0.2, 0.25) is 11.8 Å². The number of thiazole rings is 1. The normalized spacial score (nSPS) is 17.8. The second kappa shape index (κ2) is 6.47. The van der Waals surface area contributed by atoms with Gasteiger partial charge in [0.15, 0.2) is 5.13 Å². The number of nitrogens with one attached hydrogen (secondary N) is 1. The first-order chi connectivity index (χ1) is 11.7. The molecule has 1 fully saturated rings. The van der Waals surface area contributed by atoms with Crippen molar-refractivity contribution in [3.05, 3.63) is 40.9 Å². The number of carbonyl (C=O) groups is 2. The Kier molecular flexibility index (Phi) is 4.51. The largest absolute Gasteiger partial charge is 0.416 e. The highest BCUT2D eigenvalue weighted by Gasteiger charge is 2.37. The molecular formula is C16H14F3N3O2S. The van der Waals surface area contributed by atoms with Gasteiger partial charge >= 0.3 is 6.18 Å². The van der Waals surface area contributed by atoms with Gasteiger partial charge in [0.1, 0.15) is 0 Å². The molecule has 9 heteroatoms. The van der Waals surface area contributed by atoms with Crippen LogP contribution in [0.15, 0.2) is 29.6 Å². The molecule has 1 aliphatic rings. The Bertz CT molecular complexity index is 819. The number of nitrogens with zero attached hydrogens (tertiary/aromatic N) is 2. The molecule has 132 valence electrons. The molecule has 0 bridgehead atoms. The summed E-state index contributed by atoms with van der Waals surface area (Å²) < 4.78 is 38.5. The fourth-order valence-electron chi connectivity index (χ4n) is 2.60.